The number of nitrogens with one attached hydrogen (secondary N) is 1. The summed E-state index contributed by atoms with van der Waals surface area (Å²) >= 11 is 0. The molecule has 0 saturated carbocycles. The molecule has 0 bridgehead atoms. The molecule has 2 heterocycles. The molecule has 1 amide bonds. The third-order valence-corrected chi connectivity index (χ3v) is 3.46. The fourth-order valence-corrected chi connectivity index (χ4v) is 2.31. The highest BCUT2D eigenvalue weighted by molar-refractivity contribution is 5.75. The molecule has 0 aliphatic heterocycles. The summed E-state index contributed by atoms with van der Waals surface area (Å²) in [5, 5.41) is 2.84. The first-order valence-corrected chi connectivity index (χ1v) is 7.22. The van der Waals surface area contributed by atoms with E-state index in [1.54, 1.807) is 30.9 Å². The van der Waals surface area contributed by atoms with Crippen molar-refractivity contribution < 1.29 is 4.79 Å². The van der Waals surface area contributed by atoms with Gasteiger partial charge in [-0.2, -0.15) is 0 Å². The van der Waals surface area contributed by atoms with E-state index < -0.39 is 0 Å². The fourth-order valence-electron chi connectivity index (χ4n) is 2.31. The summed E-state index contributed by atoms with van der Waals surface area (Å²) in [6.07, 6.45) is 6.87. The Balaban J connectivity index is 1.68. The maximum atomic E-state index is 12.0. The number of nitrogens with zero attached hydrogens (tertiary/aromatic N) is 3. The van der Waals surface area contributed by atoms with Gasteiger partial charge in [-0.25, -0.2) is 4.98 Å². The van der Waals surface area contributed by atoms with E-state index in [-0.39, 0.29) is 18.0 Å². The van der Waals surface area contributed by atoms with Gasteiger partial charge < -0.3 is 14.5 Å². The standard InChI is InChI=1S/C17H16N4O2/c22-16(12-20-9-4-3-7-17(20)23)19-11-14-5-1-2-6-15(14)21-10-8-18-13-21/h1-10,13H,11-12H2,(H,19,22). The molecule has 3 aromatic rings. The lowest BCUT2D eigenvalue weighted by atomic mass is 10.1. The number of hydrogen-bond acceptors (Lipinski definition) is 3. The number of amides is 1. The summed E-state index contributed by atoms with van der Waals surface area (Å²) in [6.45, 7) is 0.391. The van der Waals surface area contributed by atoms with Gasteiger partial charge in [-0.3, -0.25) is 9.59 Å². The Morgan fingerprint density at radius 1 is 1.09 bits per heavy atom. The molecule has 6 nitrogen and oxygen atoms in total. The van der Waals surface area contributed by atoms with Crippen LogP contribution in [-0.2, 0) is 17.9 Å². The minimum absolute atomic E-state index is 0.00686. The lowest BCUT2D eigenvalue weighted by Gasteiger charge is -2.11. The monoisotopic (exact) mass is 308 g/mol. The van der Waals surface area contributed by atoms with Gasteiger partial charge in [0.15, 0.2) is 0 Å². The van der Waals surface area contributed by atoms with Gasteiger partial charge in [-0.1, -0.05) is 24.3 Å². The average molecular weight is 308 g/mol. The SMILES string of the molecule is O=C(Cn1ccccc1=O)NCc1ccccc1-n1ccnc1. The normalized spacial score (nSPS) is 10.4. The molecular formula is C17H16N4O2. The van der Waals surface area contributed by atoms with Crippen molar-refractivity contribution in [1.29, 1.82) is 0 Å². The number of carbonyl (C=O) groups excluding carboxylic acids is 1. The Hall–Kier alpha value is -3.15. The van der Waals surface area contributed by atoms with Gasteiger partial charge in [-0.15, -0.1) is 0 Å². The Labute approximate surface area is 133 Å². The van der Waals surface area contributed by atoms with Crippen molar-refractivity contribution in [3.8, 4) is 5.69 Å². The van der Waals surface area contributed by atoms with Crippen LogP contribution in [0.1, 0.15) is 5.56 Å². The van der Waals surface area contributed by atoms with Crippen molar-refractivity contribution in [2.75, 3.05) is 0 Å². The molecule has 1 N–H and O–H groups in total. The van der Waals surface area contributed by atoms with E-state index in [0.29, 0.717) is 6.54 Å². The molecule has 116 valence electrons. The predicted molar refractivity (Wildman–Crippen MR) is 86.1 cm³/mol. The van der Waals surface area contributed by atoms with Crippen molar-refractivity contribution in [1.82, 2.24) is 19.4 Å². The number of pyridine rings is 1. The second-order valence-electron chi connectivity index (χ2n) is 5.04. The molecule has 0 radical (unpaired) electrons. The van der Waals surface area contributed by atoms with E-state index in [1.165, 1.54) is 10.6 Å². The lowest BCUT2D eigenvalue weighted by Crippen LogP contribution is -2.31. The first-order valence-electron chi connectivity index (χ1n) is 7.22. The number of para-hydroxylation sites is 1. The van der Waals surface area contributed by atoms with Gasteiger partial charge >= 0.3 is 0 Å². The Morgan fingerprint density at radius 3 is 2.70 bits per heavy atom. The number of benzene rings is 1. The number of carbonyl (C=O) groups is 1. The molecular weight excluding hydrogens is 292 g/mol. The number of rotatable bonds is 5. The van der Waals surface area contributed by atoms with Crippen LogP contribution >= 0.6 is 0 Å². The average Bonchev–Trinajstić information content (AvgIpc) is 3.10. The molecule has 0 spiro atoms. The Bertz CT molecular complexity index is 853. The minimum Gasteiger partial charge on any atom is -0.350 e. The molecule has 0 aliphatic carbocycles. The first kappa shape index (κ1) is 14.8. The van der Waals surface area contributed by atoms with Crippen LogP contribution in [0.25, 0.3) is 5.69 Å². The van der Waals surface area contributed by atoms with Crippen molar-refractivity contribution in [3.63, 3.8) is 0 Å². The summed E-state index contributed by atoms with van der Waals surface area (Å²) in [6, 6.07) is 12.6. The zero-order chi connectivity index (χ0) is 16.1. The van der Waals surface area contributed by atoms with Crippen LogP contribution in [0, 0.1) is 0 Å². The molecule has 23 heavy (non-hydrogen) atoms. The van der Waals surface area contributed by atoms with E-state index in [1.807, 2.05) is 35.0 Å². The van der Waals surface area contributed by atoms with Gasteiger partial charge in [0.1, 0.15) is 6.54 Å². The quantitative estimate of drug-likeness (QED) is 0.773. The zero-order valence-corrected chi connectivity index (χ0v) is 12.4. The highest BCUT2D eigenvalue weighted by Gasteiger charge is 2.07. The second-order valence-corrected chi connectivity index (χ2v) is 5.04. The van der Waals surface area contributed by atoms with Crippen LogP contribution in [0.15, 0.2) is 72.2 Å². The largest absolute Gasteiger partial charge is 0.350 e. The molecule has 0 aliphatic rings. The van der Waals surface area contributed by atoms with Crippen molar-refractivity contribution in [3.05, 3.63) is 83.3 Å². The molecule has 0 saturated heterocycles. The number of hydrogen-bond donors (Lipinski definition) is 1. The highest BCUT2D eigenvalue weighted by Crippen LogP contribution is 2.13. The second kappa shape index (κ2) is 6.74. The van der Waals surface area contributed by atoms with E-state index in [4.69, 9.17) is 0 Å². The molecule has 0 fully saturated rings. The Kier molecular flexibility index (Phi) is 4.33. The summed E-state index contributed by atoms with van der Waals surface area (Å²) in [4.78, 5) is 27.7. The smallest absolute Gasteiger partial charge is 0.250 e. The molecule has 0 atom stereocenters. The van der Waals surface area contributed by atoms with E-state index >= 15 is 0 Å². The van der Waals surface area contributed by atoms with Gasteiger partial charge in [0.25, 0.3) is 5.56 Å². The minimum atomic E-state index is -0.210. The fraction of sp³-hybridized carbons (Fsp3) is 0.118. The molecule has 2 aromatic heterocycles. The van der Waals surface area contributed by atoms with Crippen molar-refractivity contribution >= 4 is 5.91 Å². The third kappa shape index (κ3) is 3.55. The summed E-state index contributed by atoms with van der Waals surface area (Å²) < 4.78 is 3.26. The topological polar surface area (TPSA) is 68.9 Å². The molecule has 6 heteroatoms. The summed E-state index contributed by atoms with van der Waals surface area (Å²) in [5.41, 5.74) is 1.74. The van der Waals surface area contributed by atoms with Crippen molar-refractivity contribution in [2.45, 2.75) is 13.1 Å². The summed E-state index contributed by atoms with van der Waals surface area (Å²) in [7, 11) is 0. The van der Waals surface area contributed by atoms with Crippen LogP contribution in [0.5, 0.6) is 0 Å². The van der Waals surface area contributed by atoms with E-state index in [2.05, 4.69) is 10.3 Å². The highest BCUT2D eigenvalue weighted by atomic mass is 16.2. The van der Waals surface area contributed by atoms with Crippen LogP contribution in [-0.4, -0.2) is 20.0 Å². The van der Waals surface area contributed by atoms with Crippen LogP contribution < -0.4 is 10.9 Å². The van der Waals surface area contributed by atoms with E-state index in [0.717, 1.165) is 11.3 Å². The molecule has 0 unspecified atom stereocenters. The number of imidazole rings is 1. The zero-order valence-electron chi connectivity index (χ0n) is 12.4. The maximum Gasteiger partial charge on any atom is 0.250 e. The molecule has 1 aromatic carbocycles. The maximum absolute atomic E-state index is 12.0. The van der Waals surface area contributed by atoms with Crippen LogP contribution in [0.2, 0.25) is 0 Å². The van der Waals surface area contributed by atoms with Crippen LogP contribution in [0.3, 0.4) is 0 Å². The first-order chi connectivity index (χ1) is 11.2. The van der Waals surface area contributed by atoms with E-state index in [9.17, 15) is 9.59 Å². The Morgan fingerprint density at radius 2 is 1.91 bits per heavy atom. The number of aromatic nitrogens is 3. The van der Waals surface area contributed by atoms with Gasteiger partial charge in [0.05, 0.1) is 12.0 Å². The van der Waals surface area contributed by atoms with Gasteiger partial charge in [-0.05, 0) is 17.7 Å². The van der Waals surface area contributed by atoms with Gasteiger partial charge in [0, 0.05) is 31.2 Å². The lowest BCUT2D eigenvalue weighted by molar-refractivity contribution is -0.121. The predicted octanol–water partition coefficient (Wildman–Crippen LogP) is 1.35. The van der Waals surface area contributed by atoms with Crippen molar-refractivity contribution in [2.24, 2.45) is 0 Å². The van der Waals surface area contributed by atoms with Gasteiger partial charge in [0.2, 0.25) is 5.91 Å². The van der Waals surface area contributed by atoms with Crippen LogP contribution in [0.4, 0.5) is 0 Å². The third-order valence-electron chi connectivity index (χ3n) is 3.46. The summed E-state index contributed by atoms with van der Waals surface area (Å²) in [5.74, 6) is -0.210. The molecule has 3 rings (SSSR count).